The Kier molecular flexibility index (Phi) is 5.90. The SMILES string of the molecule is COC(=O)CN(CC(=O)OC)C(=O)c1cccc(C)c1C. The lowest BCUT2D eigenvalue weighted by molar-refractivity contribution is -0.144. The van der Waals surface area contributed by atoms with Gasteiger partial charge in [-0.15, -0.1) is 0 Å². The molecule has 1 aromatic rings. The van der Waals surface area contributed by atoms with Crippen LogP contribution in [0.5, 0.6) is 0 Å². The fourth-order valence-corrected chi connectivity index (χ4v) is 1.79. The minimum absolute atomic E-state index is 0.308. The first kappa shape index (κ1) is 16.7. The maximum atomic E-state index is 12.5. The van der Waals surface area contributed by atoms with E-state index in [1.165, 1.54) is 14.2 Å². The van der Waals surface area contributed by atoms with Crippen molar-refractivity contribution in [3.63, 3.8) is 0 Å². The molecular weight excluding hydrogens is 274 g/mol. The largest absolute Gasteiger partial charge is 0.468 e. The summed E-state index contributed by atoms with van der Waals surface area (Å²) in [5.41, 5.74) is 2.21. The molecule has 1 amide bonds. The number of carbonyl (C=O) groups excluding carboxylic acids is 3. The lowest BCUT2D eigenvalue weighted by atomic mass is 10.0. The van der Waals surface area contributed by atoms with Crippen LogP contribution in [0.2, 0.25) is 0 Å². The highest BCUT2D eigenvalue weighted by Gasteiger charge is 2.23. The van der Waals surface area contributed by atoms with E-state index in [0.29, 0.717) is 5.56 Å². The second-order valence-corrected chi connectivity index (χ2v) is 4.56. The van der Waals surface area contributed by atoms with Crippen molar-refractivity contribution in [2.75, 3.05) is 27.3 Å². The van der Waals surface area contributed by atoms with Gasteiger partial charge in [0, 0.05) is 5.56 Å². The highest BCUT2D eigenvalue weighted by Crippen LogP contribution is 2.15. The van der Waals surface area contributed by atoms with Gasteiger partial charge < -0.3 is 14.4 Å². The van der Waals surface area contributed by atoms with Crippen molar-refractivity contribution in [3.8, 4) is 0 Å². The first-order chi connectivity index (χ1) is 9.90. The third-order valence-electron chi connectivity index (χ3n) is 3.22. The van der Waals surface area contributed by atoms with Crippen molar-refractivity contribution in [2.24, 2.45) is 0 Å². The Morgan fingerprint density at radius 1 is 1.00 bits per heavy atom. The zero-order chi connectivity index (χ0) is 16.0. The zero-order valence-corrected chi connectivity index (χ0v) is 12.6. The number of methoxy groups -OCH3 is 2. The molecule has 0 aliphatic rings. The van der Waals surface area contributed by atoms with Gasteiger partial charge in [0.05, 0.1) is 14.2 Å². The van der Waals surface area contributed by atoms with Gasteiger partial charge in [0.25, 0.3) is 5.91 Å². The van der Waals surface area contributed by atoms with Crippen LogP contribution in [0.15, 0.2) is 18.2 Å². The normalized spacial score (nSPS) is 9.90. The molecule has 0 heterocycles. The van der Waals surface area contributed by atoms with Crippen molar-refractivity contribution in [1.82, 2.24) is 4.90 Å². The second kappa shape index (κ2) is 7.42. The van der Waals surface area contributed by atoms with Gasteiger partial charge in [0.1, 0.15) is 13.1 Å². The first-order valence-corrected chi connectivity index (χ1v) is 6.39. The minimum Gasteiger partial charge on any atom is -0.468 e. The molecule has 0 atom stereocenters. The molecule has 6 nitrogen and oxygen atoms in total. The van der Waals surface area contributed by atoms with Crippen LogP contribution in [0, 0.1) is 13.8 Å². The number of benzene rings is 1. The molecule has 0 spiro atoms. The highest BCUT2D eigenvalue weighted by atomic mass is 16.5. The van der Waals surface area contributed by atoms with Crippen LogP contribution in [0.3, 0.4) is 0 Å². The fourth-order valence-electron chi connectivity index (χ4n) is 1.79. The van der Waals surface area contributed by atoms with Crippen molar-refractivity contribution in [2.45, 2.75) is 13.8 Å². The van der Waals surface area contributed by atoms with E-state index in [1.807, 2.05) is 19.9 Å². The van der Waals surface area contributed by atoms with E-state index in [-0.39, 0.29) is 13.1 Å². The van der Waals surface area contributed by atoms with Crippen LogP contribution in [0.25, 0.3) is 0 Å². The molecule has 0 radical (unpaired) electrons. The summed E-state index contributed by atoms with van der Waals surface area (Å²) in [7, 11) is 2.45. The number of ether oxygens (including phenoxy) is 2. The molecule has 1 rings (SSSR count). The smallest absolute Gasteiger partial charge is 0.325 e. The Hall–Kier alpha value is -2.37. The Labute approximate surface area is 123 Å². The van der Waals surface area contributed by atoms with Crippen molar-refractivity contribution >= 4 is 17.8 Å². The average molecular weight is 293 g/mol. The number of rotatable bonds is 5. The number of carbonyl (C=O) groups is 3. The summed E-state index contributed by atoms with van der Waals surface area (Å²) < 4.78 is 9.10. The van der Waals surface area contributed by atoms with Crippen LogP contribution in [-0.2, 0) is 19.1 Å². The van der Waals surface area contributed by atoms with Gasteiger partial charge in [0.2, 0.25) is 0 Å². The third-order valence-corrected chi connectivity index (χ3v) is 3.22. The van der Waals surface area contributed by atoms with Gasteiger partial charge in [-0.3, -0.25) is 14.4 Å². The van der Waals surface area contributed by atoms with E-state index in [1.54, 1.807) is 12.1 Å². The van der Waals surface area contributed by atoms with Gasteiger partial charge >= 0.3 is 11.9 Å². The summed E-state index contributed by atoms with van der Waals surface area (Å²) in [4.78, 5) is 36.5. The third kappa shape index (κ3) is 4.30. The second-order valence-electron chi connectivity index (χ2n) is 4.56. The number of esters is 2. The molecule has 0 N–H and O–H groups in total. The number of hydrogen-bond donors (Lipinski definition) is 0. The van der Waals surface area contributed by atoms with Crippen LogP contribution in [0.1, 0.15) is 21.5 Å². The van der Waals surface area contributed by atoms with Gasteiger partial charge in [0.15, 0.2) is 0 Å². The molecule has 0 aliphatic carbocycles. The summed E-state index contributed by atoms with van der Waals surface area (Å²) in [6.45, 7) is 3.09. The van der Waals surface area contributed by atoms with Crippen LogP contribution >= 0.6 is 0 Å². The molecule has 114 valence electrons. The molecule has 0 aliphatic heterocycles. The summed E-state index contributed by atoms with van der Waals surface area (Å²) in [6, 6.07) is 5.30. The monoisotopic (exact) mass is 293 g/mol. The minimum atomic E-state index is -0.599. The molecule has 0 saturated carbocycles. The van der Waals surface area contributed by atoms with E-state index in [9.17, 15) is 14.4 Å². The standard InChI is InChI=1S/C15H19NO5/c1-10-6-5-7-12(11(10)2)15(19)16(8-13(17)20-3)9-14(18)21-4/h5-7H,8-9H2,1-4H3. The fraction of sp³-hybridized carbons (Fsp3) is 0.400. The number of nitrogens with zero attached hydrogens (tertiary/aromatic N) is 1. The van der Waals surface area contributed by atoms with E-state index in [4.69, 9.17) is 0 Å². The van der Waals surface area contributed by atoms with Crippen LogP contribution < -0.4 is 0 Å². The van der Waals surface area contributed by atoms with E-state index < -0.39 is 17.8 Å². The summed E-state index contributed by atoms with van der Waals surface area (Å²) in [5.74, 6) is -1.61. The number of amides is 1. The highest BCUT2D eigenvalue weighted by molar-refractivity contribution is 5.99. The Morgan fingerprint density at radius 2 is 1.52 bits per heavy atom. The van der Waals surface area contributed by atoms with E-state index >= 15 is 0 Å². The maximum absolute atomic E-state index is 12.5. The Balaban J connectivity index is 3.06. The Morgan fingerprint density at radius 3 is 2.00 bits per heavy atom. The quantitative estimate of drug-likeness (QED) is 0.760. The molecule has 0 fully saturated rings. The van der Waals surface area contributed by atoms with Crippen molar-refractivity contribution in [1.29, 1.82) is 0 Å². The van der Waals surface area contributed by atoms with Crippen LogP contribution in [0.4, 0.5) is 0 Å². The Bertz CT molecular complexity index is 535. The molecule has 1 aromatic carbocycles. The average Bonchev–Trinajstić information content (AvgIpc) is 2.48. The number of hydrogen-bond acceptors (Lipinski definition) is 5. The molecule has 0 unspecified atom stereocenters. The van der Waals surface area contributed by atoms with Crippen molar-refractivity contribution < 1.29 is 23.9 Å². The lowest BCUT2D eigenvalue weighted by Crippen LogP contribution is -2.40. The van der Waals surface area contributed by atoms with E-state index in [0.717, 1.165) is 16.0 Å². The summed E-state index contributed by atoms with van der Waals surface area (Å²) >= 11 is 0. The topological polar surface area (TPSA) is 72.9 Å². The van der Waals surface area contributed by atoms with Crippen molar-refractivity contribution in [3.05, 3.63) is 34.9 Å². The van der Waals surface area contributed by atoms with Gasteiger partial charge in [-0.25, -0.2) is 0 Å². The van der Waals surface area contributed by atoms with E-state index in [2.05, 4.69) is 9.47 Å². The predicted octanol–water partition coefficient (Wildman–Crippen LogP) is 1.09. The molecule has 0 saturated heterocycles. The molecule has 0 bridgehead atoms. The van der Waals surface area contributed by atoms with Crippen LogP contribution in [-0.4, -0.2) is 50.1 Å². The molecular formula is C15H19NO5. The summed E-state index contributed by atoms with van der Waals surface area (Å²) in [5, 5.41) is 0. The predicted molar refractivity (Wildman–Crippen MR) is 75.9 cm³/mol. The zero-order valence-electron chi connectivity index (χ0n) is 12.6. The lowest BCUT2D eigenvalue weighted by Gasteiger charge is -2.21. The first-order valence-electron chi connectivity index (χ1n) is 6.39. The van der Waals surface area contributed by atoms with Gasteiger partial charge in [-0.1, -0.05) is 12.1 Å². The molecule has 21 heavy (non-hydrogen) atoms. The number of aryl methyl sites for hydroxylation is 1. The maximum Gasteiger partial charge on any atom is 0.325 e. The summed E-state index contributed by atoms with van der Waals surface area (Å²) in [6.07, 6.45) is 0. The van der Waals surface area contributed by atoms with Gasteiger partial charge in [-0.05, 0) is 31.0 Å². The van der Waals surface area contributed by atoms with Gasteiger partial charge in [-0.2, -0.15) is 0 Å². The molecule has 6 heteroatoms. The molecule has 0 aromatic heterocycles.